The number of carbonyl (C=O) groups is 1. The first-order chi connectivity index (χ1) is 14.6. The van der Waals surface area contributed by atoms with E-state index >= 15 is 0 Å². The van der Waals surface area contributed by atoms with Gasteiger partial charge in [-0.15, -0.1) is 0 Å². The van der Waals surface area contributed by atoms with Gasteiger partial charge in [-0.1, -0.05) is 42.5 Å². The third kappa shape index (κ3) is 4.77. The minimum Gasteiger partial charge on any atom is -0.351 e. The molecule has 0 radical (unpaired) electrons. The number of benzene rings is 2. The van der Waals surface area contributed by atoms with Gasteiger partial charge in [0.05, 0.1) is 5.41 Å². The summed E-state index contributed by atoms with van der Waals surface area (Å²) in [6, 6.07) is 15.9. The highest BCUT2D eigenvalue weighted by atomic mass is 19.1. The maximum absolute atomic E-state index is 13.4. The number of amides is 1. The van der Waals surface area contributed by atoms with Crippen LogP contribution in [0.4, 0.5) is 4.39 Å². The van der Waals surface area contributed by atoms with E-state index in [1.807, 2.05) is 48.3 Å². The van der Waals surface area contributed by atoms with E-state index in [0.29, 0.717) is 45.0 Å². The van der Waals surface area contributed by atoms with Crippen molar-refractivity contribution in [3.8, 4) is 6.19 Å². The molecular weight excluding hydrogens is 381 g/mol. The van der Waals surface area contributed by atoms with Crippen molar-refractivity contribution in [3.05, 3.63) is 71.5 Å². The molecular formula is C23H26FN5O. The molecule has 1 aliphatic heterocycles. The van der Waals surface area contributed by atoms with Gasteiger partial charge in [0.25, 0.3) is 0 Å². The molecule has 2 aromatic rings. The normalized spacial score (nSPS) is 15.9. The summed E-state index contributed by atoms with van der Waals surface area (Å²) >= 11 is 0. The molecule has 1 heterocycles. The lowest BCUT2D eigenvalue weighted by Crippen LogP contribution is -2.54. The first kappa shape index (κ1) is 21.3. The predicted octanol–water partition coefficient (Wildman–Crippen LogP) is 2.92. The number of likely N-dealkylation sites (tertiary alicyclic amines) is 1. The number of nitrogens with zero attached hydrogens (tertiary/aromatic N) is 3. The second-order valence-electron chi connectivity index (χ2n) is 7.28. The van der Waals surface area contributed by atoms with Crippen molar-refractivity contribution in [1.29, 1.82) is 5.26 Å². The largest absolute Gasteiger partial charge is 0.351 e. The van der Waals surface area contributed by atoms with Crippen LogP contribution in [0.3, 0.4) is 0 Å². The average molecular weight is 407 g/mol. The molecule has 1 aliphatic rings. The molecule has 0 bridgehead atoms. The van der Waals surface area contributed by atoms with E-state index in [-0.39, 0.29) is 11.7 Å². The molecule has 156 valence electrons. The molecule has 6 nitrogen and oxygen atoms in total. The molecule has 3 rings (SSSR count). The zero-order valence-corrected chi connectivity index (χ0v) is 17.1. The van der Waals surface area contributed by atoms with Crippen LogP contribution in [0.15, 0.2) is 59.6 Å². The van der Waals surface area contributed by atoms with Gasteiger partial charge < -0.3 is 10.2 Å². The lowest BCUT2D eigenvalue weighted by atomic mass is 9.72. The molecule has 0 atom stereocenters. The van der Waals surface area contributed by atoms with Crippen LogP contribution in [0.1, 0.15) is 30.9 Å². The van der Waals surface area contributed by atoms with Crippen molar-refractivity contribution < 1.29 is 9.18 Å². The van der Waals surface area contributed by atoms with Crippen molar-refractivity contribution >= 4 is 11.9 Å². The Balaban J connectivity index is 1.78. The second-order valence-corrected chi connectivity index (χ2v) is 7.28. The van der Waals surface area contributed by atoms with E-state index in [1.54, 1.807) is 12.1 Å². The van der Waals surface area contributed by atoms with E-state index in [0.717, 1.165) is 11.1 Å². The van der Waals surface area contributed by atoms with Crippen LogP contribution < -0.4 is 10.6 Å². The molecule has 0 aliphatic carbocycles. The Labute approximate surface area is 176 Å². The van der Waals surface area contributed by atoms with Gasteiger partial charge in [0, 0.05) is 26.2 Å². The fourth-order valence-electron chi connectivity index (χ4n) is 3.88. The molecule has 1 saturated heterocycles. The maximum Gasteiger partial charge on any atom is 0.231 e. The monoisotopic (exact) mass is 407 g/mol. The Bertz CT molecular complexity index is 913. The predicted molar refractivity (Wildman–Crippen MR) is 114 cm³/mol. The van der Waals surface area contributed by atoms with Crippen LogP contribution in [0.25, 0.3) is 0 Å². The van der Waals surface area contributed by atoms with Gasteiger partial charge in [0.2, 0.25) is 11.9 Å². The standard InChI is InChI=1S/C23H26FN5O/c1-2-26-22(28-17-25)29-14-12-23(13-15-29,19-6-4-3-5-7-19)21(30)27-16-18-8-10-20(24)11-9-18/h3-11H,2,12-16H2,1H3,(H,26,28)(H,27,30). The van der Waals surface area contributed by atoms with Crippen LogP contribution >= 0.6 is 0 Å². The molecule has 2 aromatic carbocycles. The fourth-order valence-corrected chi connectivity index (χ4v) is 3.88. The first-order valence-corrected chi connectivity index (χ1v) is 10.1. The first-order valence-electron chi connectivity index (χ1n) is 10.1. The summed E-state index contributed by atoms with van der Waals surface area (Å²) in [6.07, 6.45) is 3.14. The molecule has 0 saturated carbocycles. The number of carbonyl (C=O) groups excluding carboxylic acids is 1. The fraction of sp³-hybridized carbons (Fsp3) is 0.348. The molecule has 0 unspecified atom stereocenters. The van der Waals surface area contributed by atoms with Crippen molar-refractivity contribution in [2.75, 3.05) is 19.6 Å². The Hall–Kier alpha value is -3.40. The molecule has 0 spiro atoms. The number of hydrogen-bond acceptors (Lipinski definition) is 3. The van der Waals surface area contributed by atoms with E-state index < -0.39 is 5.41 Å². The van der Waals surface area contributed by atoms with Crippen molar-refractivity contribution in [2.45, 2.75) is 31.7 Å². The highest BCUT2D eigenvalue weighted by Crippen LogP contribution is 2.36. The van der Waals surface area contributed by atoms with Gasteiger partial charge >= 0.3 is 0 Å². The van der Waals surface area contributed by atoms with Crippen molar-refractivity contribution in [3.63, 3.8) is 0 Å². The number of aliphatic imine (C=N–C) groups is 1. The van der Waals surface area contributed by atoms with Gasteiger partial charge in [-0.05, 0) is 43.0 Å². The number of guanidine groups is 1. The zero-order chi connectivity index (χ0) is 21.4. The minimum absolute atomic E-state index is 0.0418. The summed E-state index contributed by atoms with van der Waals surface area (Å²) in [5.41, 5.74) is 1.16. The molecule has 1 amide bonds. The lowest BCUT2D eigenvalue weighted by molar-refractivity contribution is -0.128. The summed E-state index contributed by atoms with van der Waals surface area (Å²) < 4.78 is 13.1. The Morgan fingerprint density at radius 1 is 1.17 bits per heavy atom. The van der Waals surface area contributed by atoms with E-state index in [9.17, 15) is 9.18 Å². The van der Waals surface area contributed by atoms with Gasteiger partial charge in [0.1, 0.15) is 5.82 Å². The summed E-state index contributed by atoms with van der Waals surface area (Å²) in [5, 5.41) is 14.7. The number of nitrogens with one attached hydrogen (secondary N) is 2. The number of rotatable bonds is 5. The molecule has 7 heteroatoms. The Morgan fingerprint density at radius 2 is 1.83 bits per heavy atom. The van der Waals surface area contributed by atoms with Crippen molar-refractivity contribution in [2.24, 2.45) is 4.99 Å². The van der Waals surface area contributed by atoms with Crippen LogP contribution in [-0.4, -0.2) is 36.4 Å². The van der Waals surface area contributed by atoms with Crippen LogP contribution in [0.2, 0.25) is 0 Å². The van der Waals surface area contributed by atoms with E-state index in [2.05, 4.69) is 15.6 Å². The minimum atomic E-state index is -0.665. The molecule has 2 N–H and O–H groups in total. The Morgan fingerprint density at radius 3 is 2.43 bits per heavy atom. The topological polar surface area (TPSA) is 80.5 Å². The third-order valence-electron chi connectivity index (χ3n) is 5.52. The smallest absolute Gasteiger partial charge is 0.231 e. The lowest BCUT2D eigenvalue weighted by Gasteiger charge is -2.41. The van der Waals surface area contributed by atoms with Gasteiger partial charge in [-0.2, -0.15) is 5.26 Å². The zero-order valence-electron chi connectivity index (χ0n) is 17.1. The summed E-state index contributed by atoms with van der Waals surface area (Å²) in [4.78, 5) is 19.8. The molecule has 0 aromatic heterocycles. The SMILES string of the molecule is CCN=C(NC#N)N1CCC(C(=O)NCc2ccc(F)cc2)(c2ccccc2)CC1. The molecule has 1 fully saturated rings. The number of halogens is 1. The maximum atomic E-state index is 13.4. The van der Waals surface area contributed by atoms with Crippen LogP contribution in [0.5, 0.6) is 0 Å². The quantitative estimate of drug-likeness (QED) is 0.346. The van der Waals surface area contributed by atoms with E-state index in [1.165, 1.54) is 12.1 Å². The highest BCUT2D eigenvalue weighted by Gasteiger charge is 2.43. The van der Waals surface area contributed by atoms with Gasteiger partial charge in [-0.25, -0.2) is 4.39 Å². The summed E-state index contributed by atoms with van der Waals surface area (Å²) in [5.74, 6) is 0.210. The van der Waals surface area contributed by atoms with E-state index in [4.69, 9.17) is 5.26 Å². The summed E-state index contributed by atoms with van der Waals surface area (Å²) in [7, 11) is 0. The Kier molecular flexibility index (Phi) is 7.02. The van der Waals surface area contributed by atoms with Crippen molar-refractivity contribution in [1.82, 2.24) is 15.5 Å². The third-order valence-corrected chi connectivity index (χ3v) is 5.52. The number of nitriles is 1. The van der Waals surface area contributed by atoms with Gasteiger partial charge in [-0.3, -0.25) is 15.1 Å². The molecule has 30 heavy (non-hydrogen) atoms. The van der Waals surface area contributed by atoms with Gasteiger partial charge in [0.15, 0.2) is 6.19 Å². The summed E-state index contributed by atoms with van der Waals surface area (Å²) in [6.45, 7) is 4.04. The van der Waals surface area contributed by atoms with Crippen LogP contribution in [-0.2, 0) is 16.8 Å². The van der Waals surface area contributed by atoms with Crippen LogP contribution in [0, 0.1) is 17.3 Å². The second kappa shape index (κ2) is 9.88. The number of hydrogen-bond donors (Lipinski definition) is 2. The average Bonchev–Trinajstić information content (AvgIpc) is 2.79. The number of piperidine rings is 1. The highest BCUT2D eigenvalue weighted by molar-refractivity contribution is 5.89.